The minimum absolute atomic E-state index is 0.463. The summed E-state index contributed by atoms with van der Waals surface area (Å²) in [5.41, 5.74) is 3.73. The standard InChI is InChI=1S/C18H22ClNS/c1-12(2)20-11-15-7-8-16(10-17(15)19)21-18-9-13(3)5-6-14(18)4/h5-10,12,20H,11H2,1-4H3. The lowest BCUT2D eigenvalue weighted by Gasteiger charge is -2.11. The van der Waals surface area contributed by atoms with Crippen LogP contribution in [0.1, 0.15) is 30.5 Å². The van der Waals surface area contributed by atoms with Gasteiger partial charge in [0.05, 0.1) is 0 Å². The third kappa shape index (κ3) is 4.77. The second-order valence-corrected chi connectivity index (χ2v) is 7.18. The maximum atomic E-state index is 6.40. The number of hydrogen-bond acceptors (Lipinski definition) is 2. The van der Waals surface area contributed by atoms with Crippen molar-refractivity contribution in [2.75, 3.05) is 0 Å². The molecule has 0 spiro atoms. The first-order valence-corrected chi connectivity index (χ1v) is 8.42. The van der Waals surface area contributed by atoms with Crippen LogP contribution in [0.3, 0.4) is 0 Å². The van der Waals surface area contributed by atoms with Gasteiger partial charge in [-0.25, -0.2) is 0 Å². The molecule has 112 valence electrons. The van der Waals surface area contributed by atoms with E-state index in [1.165, 1.54) is 20.9 Å². The number of hydrogen-bond donors (Lipinski definition) is 1. The zero-order valence-electron chi connectivity index (χ0n) is 13.0. The van der Waals surface area contributed by atoms with E-state index in [2.05, 4.69) is 69.4 Å². The Morgan fingerprint density at radius 1 is 1.10 bits per heavy atom. The van der Waals surface area contributed by atoms with Gasteiger partial charge in [0.25, 0.3) is 0 Å². The van der Waals surface area contributed by atoms with Crippen molar-refractivity contribution in [1.82, 2.24) is 5.32 Å². The van der Waals surface area contributed by atoms with Gasteiger partial charge in [-0.2, -0.15) is 0 Å². The van der Waals surface area contributed by atoms with Gasteiger partial charge in [-0.1, -0.05) is 55.4 Å². The lowest BCUT2D eigenvalue weighted by molar-refractivity contribution is 0.589. The van der Waals surface area contributed by atoms with Crippen LogP contribution in [0.5, 0.6) is 0 Å². The van der Waals surface area contributed by atoms with Crippen LogP contribution in [0, 0.1) is 13.8 Å². The fourth-order valence-electron chi connectivity index (χ4n) is 1.99. The van der Waals surface area contributed by atoms with E-state index in [1.54, 1.807) is 11.8 Å². The van der Waals surface area contributed by atoms with Crippen molar-refractivity contribution >= 4 is 23.4 Å². The summed E-state index contributed by atoms with van der Waals surface area (Å²) in [6.07, 6.45) is 0. The average molecular weight is 320 g/mol. The summed E-state index contributed by atoms with van der Waals surface area (Å²) < 4.78 is 0. The van der Waals surface area contributed by atoms with Gasteiger partial charge in [-0.3, -0.25) is 0 Å². The quantitative estimate of drug-likeness (QED) is 0.769. The summed E-state index contributed by atoms with van der Waals surface area (Å²) in [5.74, 6) is 0. The molecule has 0 aliphatic heterocycles. The number of aryl methyl sites for hydroxylation is 2. The molecule has 0 radical (unpaired) electrons. The minimum atomic E-state index is 0.463. The third-order valence-corrected chi connectivity index (χ3v) is 4.80. The zero-order valence-corrected chi connectivity index (χ0v) is 14.6. The SMILES string of the molecule is Cc1ccc(C)c(Sc2ccc(CNC(C)C)c(Cl)c2)c1. The van der Waals surface area contributed by atoms with Crippen molar-refractivity contribution in [3.63, 3.8) is 0 Å². The Labute approximate surface area is 137 Å². The van der Waals surface area contributed by atoms with Crippen molar-refractivity contribution in [3.8, 4) is 0 Å². The van der Waals surface area contributed by atoms with Crippen LogP contribution >= 0.6 is 23.4 Å². The summed E-state index contributed by atoms with van der Waals surface area (Å²) >= 11 is 8.17. The van der Waals surface area contributed by atoms with E-state index in [0.29, 0.717) is 6.04 Å². The Morgan fingerprint density at radius 3 is 2.52 bits per heavy atom. The fourth-order valence-corrected chi connectivity index (χ4v) is 3.35. The predicted octanol–water partition coefficient (Wildman–Crippen LogP) is 5.61. The molecule has 2 aromatic rings. The van der Waals surface area contributed by atoms with E-state index in [-0.39, 0.29) is 0 Å². The minimum Gasteiger partial charge on any atom is -0.310 e. The van der Waals surface area contributed by atoms with Gasteiger partial charge >= 0.3 is 0 Å². The van der Waals surface area contributed by atoms with Gasteiger partial charge < -0.3 is 5.32 Å². The maximum absolute atomic E-state index is 6.40. The first-order valence-electron chi connectivity index (χ1n) is 7.22. The number of benzene rings is 2. The third-order valence-electron chi connectivity index (χ3n) is 3.30. The van der Waals surface area contributed by atoms with E-state index in [4.69, 9.17) is 11.6 Å². The first-order chi connectivity index (χ1) is 9.95. The maximum Gasteiger partial charge on any atom is 0.0462 e. The summed E-state index contributed by atoms with van der Waals surface area (Å²) in [7, 11) is 0. The molecule has 0 aromatic heterocycles. The van der Waals surface area contributed by atoms with Crippen molar-refractivity contribution < 1.29 is 0 Å². The molecule has 0 atom stereocenters. The predicted molar refractivity (Wildman–Crippen MR) is 93.5 cm³/mol. The highest BCUT2D eigenvalue weighted by Crippen LogP contribution is 2.33. The second kappa shape index (κ2) is 7.35. The average Bonchev–Trinajstić information content (AvgIpc) is 2.42. The number of rotatable bonds is 5. The lowest BCUT2D eigenvalue weighted by Crippen LogP contribution is -2.21. The summed E-state index contributed by atoms with van der Waals surface area (Å²) in [4.78, 5) is 2.47. The largest absolute Gasteiger partial charge is 0.310 e. The Morgan fingerprint density at radius 2 is 1.86 bits per heavy atom. The van der Waals surface area contributed by atoms with Crippen LogP contribution < -0.4 is 5.32 Å². The van der Waals surface area contributed by atoms with Gasteiger partial charge in [-0.15, -0.1) is 0 Å². The van der Waals surface area contributed by atoms with E-state index in [1.807, 2.05) is 0 Å². The molecule has 0 heterocycles. The molecule has 0 saturated carbocycles. The summed E-state index contributed by atoms with van der Waals surface area (Å²) in [6, 6.07) is 13.3. The molecule has 0 amide bonds. The normalized spacial score (nSPS) is 11.1. The van der Waals surface area contributed by atoms with Gasteiger partial charge in [-0.05, 0) is 48.7 Å². The molecular formula is C18H22ClNS. The molecule has 0 fully saturated rings. The Bertz CT molecular complexity index is 623. The van der Waals surface area contributed by atoms with Crippen molar-refractivity contribution in [2.45, 2.75) is 50.1 Å². The fraction of sp³-hybridized carbons (Fsp3) is 0.333. The summed E-state index contributed by atoms with van der Waals surface area (Å²) in [5, 5.41) is 4.23. The lowest BCUT2D eigenvalue weighted by atomic mass is 10.2. The highest BCUT2D eigenvalue weighted by Gasteiger charge is 2.06. The van der Waals surface area contributed by atoms with Crippen LogP contribution in [0.25, 0.3) is 0 Å². The van der Waals surface area contributed by atoms with Crippen molar-refractivity contribution in [2.24, 2.45) is 0 Å². The van der Waals surface area contributed by atoms with E-state index >= 15 is 0 Å². The van der Waals surface area contributed by atoms with Crippen LogP contribution in [0.2, 0.25) is 5.02 Å². The highest BCUT2D eigenvalue weighted by atomic mass is 35.5. The smallest absolute Gasteiger partial charge is 0.0462 e. The van der Waals surface area contributed by atoms with Crippen LogP contribution in [0.4, 0.5) is 0 Å². The van der Waals surface area contributed by atoms with E-state index < -0.39 is 0 Å². The molecule has 0 aliphatic carbocycles. The summed E-state index contributed by atoms with van der Waals surface area (Å²) in [6.45, 7) is 9.35. The molecule has 0 bridgehead atoms. The second-order valence-electron chi connectivity index (χ2n) is 5.66. The zero-order chi connectivity index (χ0) is 15.4. The molecular weight excluding hydrogens is 298 g/mol. The molecule has 0 saturated heterocycles. The van der Waals surface area contributed by atoms with Crippen LogP contribution in [-0.2, 0) is 6.54 Å². The van der Waals surface area contributed by atoms with E-state index in [9.17, 15) is 0 Å². The van der Waals surface area contributed by atoms with Crippen LogP contribution in [0.15, 0.2) is 46.2 Å². The van der Waals surface area contributed by atoms with Gasteiger partial charge in [0.1, 0.15) is 0 Å². The molecule has 0 aliphatic rings. The van der Waals surface area contributed by atoms with Crippen molar-refractivity contribution in [3.05, 3.63) is 58.1 Å². The molecule has 2 rings (SSSR count). The first kappa shape index (κ1) is 16.4. The molecule has 2 aromatic carbocycles. The monoisotopic (exact) mass is 319 g/mol. The topological polar surface area (TPSA) is 12.0 Å². The number of nitrogens with one attached hydrogen (secondary N) is 1. The Balaban J connectivity index is 2.14. The Hall–Kier alpha value is -0.960. The van der Waals surface area contributed by atoms with Gasteiger partial charge in [0.2, 0.25) is 0 Å². The van der Waals surface area contributed by atoms with Gasteiger partial charge in [0, 0.05) is 27.4 Å². The van der Waals surface area contributed by atoms with E-state index in [0.717, 1.165) is 17.1 Å². The van der Waals surface area contributed by atoms with Crippen molar-refractivity contribution in [1.29, 1.82) is 0 Å². The molecule has 0 unspecified atom stereocenters. The molecule has 1 N–H and O–H groups in total. The number of halogens is 1. The highest BCUT2D eigenvalue weighted by molar-refractivity contribution is 7.99. The molecule has 21 heavy (non-hydrogen) atoms. The van der Waals surface area contributed by atoms with Crippen LogP contribution in [-0.4, -0.2) is 6.04 Å². The molecule has 3 heteroatoms. The Kier molecular flexibility index (Phi) is 5.74. The van der Waals surface area contributed by atoms with Gasteiger partial charge in [0.15, 0.2) is 0 Å². The molecule has 1 nitrogen and oxygen atoms in total.